The molecule has 1 aliphatic rings. The molecule has 0 amide bonds. The molecule has 0 spiro atoms. The molecule has 1 aromatic carbocycles. The highest BCUT2D eigenvalue weighted by molar-refractivity contribution is 5.19. The van der Waals surface area contributed by atoms with E-state index in [1.807, 2.05) is 0 Å². The summed E-state index contributed by atoms with van der Waals surface area (Å²) in [7, 11) is 0. The predicted octanol–water partition coefficient (Wildman–Crippen LogP) is 2.93. The van der Waals surface area contributed by atoms with Gasteiger partial charge in [0.25, 0.3) is 0 Å². The summed E-state index contributed by atoms with van der Waals surface area (Å²) in [6.45, 7) is 7.71. The minimum Gasteiger partial charge on any atom is -0.328 e. The van der Waals surface area contributed by atoms with Gasteiger partial charge in [0.2, 0.25) is 0 Å². The van der Waals surface area contributed by atoms with E-state index in [9.17, 15) is 0 Å². The molecule has 0 aliphatic heterocycles. The van der Waals surface area contributed by atoms with Crippen LogP contribution in [0.2, 0.25) is 0 Å². The topological polar surface area (TPSA) is 41.3 Å². The lowest BCUT2D eigenvalue weighted by atomic mass is 9.91. The second-order valence-electron chi connectivity index (χ2n) is 6.17. The molecule has 0 saturated heterocycles. The Morgan fingerprint density at radius 1 is 1.10 bits per heavy atom. The van der Waals surface area contributed by atoms with Gasteiger partial charge in [-0.05, 0) is 44.3 Å². The standard InChI is InChI=1S/C18H31N3/c1-3-21(4-2)18(15-8-6-5-7-9-15)14-20-17-12-10-16(19)11-13-17/h5-9,16-18,20H,3-4,10-14,19H2,1-2H3. The lowest BCUT2D eigenvalue weighted by molar-refractivity contribution is 0.202. The summed E-state index contributed by atoms with van der Waals surface area (Å²) in [4.78, 5) is 2.54. The molecule has 0 heterocycles. The molecule has 1 aliphatic carbocycles. The van der Waals surface area contributed by atoms with Crippen molar-refractivity contribution in [2.45, 2.75) is 57.7 Å². The van der Waals surface area contributed by atoms with Gasteiger partial charge in [-0.25, -0.2) is 0 Å². The largest absolute Gasteiger partial charge is 0.328 e. The fourth-order valence-corrected chi connectivity index (χ4v) is 3.40. The van der Waals surface area contributed by atoms with Crippen LogP contribution in [0.25, 0.3) is 0 Å². The summed E-state index contributed by atoms with van der Waals surface area (Å²) in [5, 5.41) is 3.79. The summed E-state index contributed by atoms with van der Waals surface area (Å²) in [5.74, 6) is 0. The summed E-state index contributed by atoms with van der Waals surface area (Å²) in [5.41, 5.74) is 7.42. The van der Waals surface area contributed by atoms with Crippen molar-refractivity contribution in [1.29, 1.82) is 0 Å². The van der Waals surface area contributed by atoms with Gasteiger partial charge in [-0.3, -0.25) is 4.90 Å². The Morgan fingerprint density at radius 2 is 1.71 bits per heavy atom. The fourth-order valence-electron chi connectivity index (χ4n) is 3.40. The number of rotatable bonds is 7. The van der Waals surface area contributed by atoms with Crippen LogP contribution in [0.4, 0.5) is 0 Å². The van der Waals surface area contributed by atoms with Gasteiger partial charge in [0.1, 0.15) is 0 Å². The van der Waals surface area contributed by atoms with Gasteiger partial charge in [0.05, 0.1) is 0 Å². The first kappa shape index (κ1) is 16.5. The SMILES string of the molecule is CCN(CC)C(CNC1CCC(N)CC1)c1ccccc1. The molecule has 3 N–H and O–H groups in total. The van der Waals surface area contributed by atoms with E-state index in [-0.39, 0.29) is 0 Å². The van der Waals surface area contributed by atoms with Crippen molar-refractivity contribution in [3.8, 4) is 0 Å². The maximum atomic E-state index is 6.00. The minimum absolute atomic E-state index is 0.427. The molecule has 118 valence electrons. The third kappa shape index (κ3) is 4.80. The van der Waals surface area contributed by atoms with Gasteiger partial charge < -0.3 is 11.1 Å². The molecule has 1 saturated carbocycles. The van der Waals surface area contributed by atoms with Crippen LogP contribution in [-0.4, -0.2) is 36.6 Å². The number of benzene rings is 1. The first-order valence-corrected chi connectivity index (χ1v) is 8.52. The zero-order valence-corrected chi connectivity index (χ0v) is 13.6. The van der Waals surface area contributed by atoms with Crippen molar-refractivity contribution in [3.63, 3.8) is 0 Å². The van der Waals surface area contributed by atoms with Gasteiger partial charge in [0.15, 0.2) is 0 Å². The number of nitrogens with one attached hydrogen (secondary N) is 1. The molecule has 21 heavy (non-hydrogen) atoms. The first-order chi connectivity index (χ1) is 10.2. The van der Waals surface area contributed by atoms with E-state index >= 15 is 0 Å². The van der Waals surface area contributed by atoms with Crippen LogP contribution in [0.5, 0.6) is 0 Å². The van der Waals surface area contributed by atoms with Gasteiger partial charge in [0, 0.05) is 24.7 Å². The third-order valence-corrected chi connectivity index (χ3v) is 4.81. The normalized spacial score (nSPS) is 24.2. The van der Waals surface area contributed by atoms with Gasteiger partial charge >= 0.3 is 0 Å². The van der Waals surface area contributed by atoms with Gasteiger partial charge in [-0.15, -0.1) is 0 Å². The van der Waals surface area contributed by atoms with Crippen molar-refractivity contribution in [1.82, 2.24) is 10.2 Å². The van der Waals surface area contributed by atoms with E-state index in [4.69, 9.17) is 5.73 Å². The van der Waals surface area contributed by atoms with Gasteiger partial charge in [-0.2, -0.15) is 0 Å². The van der Waals surface area contributed by atoms with E-state index in [0.29, 0.717) is 18.1 Å². The van der Waals surface area contributed by atoms with E-state index < -0.39 is 0 Å². The predicted molar refractivity (Wildman–Crippen MR) is 90.3 cm³/mol. The fraction of sp³-hybridized carbons (Fsp3) is 0.667. The molecule has 3 nitrogen and oxygen atoms in total. The molecule has 0 bridgehead atoms. The third-order valence-electron chi connectivity index (χ3n) is 4.81. The molecule has 1 unspecified atom stereocenters. The zero-order valence-electron chi connectivity index (χ0n) is 13.6. The van der Waals surface area contributed by atoms with E-state index in [2.05, 4.69) is 54.4 Å². The molecule has 0 radical (unpaired) electrons. The van der Waals surface area contributed by atoms with Crippen LogP contribution >= 0.6 is 0 Å². The Bertz CT molecular complexity index is 381. The summed E-state index contributed by atoms with van der Waals surface area (Å²) < 4.78 is 0. The van der Waals surface area contributed by atoms with Crippen molar-refractivity contribution in [2.24, 2.45) is 5.73 Å². The Morgan fingerprint density at radius 3 is 2.29 bits per heavy atom. The molecule has 1 aromatic rings. The molecular weight excluding hydrogens is 258 g/mol. The summed E-state index contributed by atoms with van der Waals surface area (Å²) >= 11 is 0. The van der Waals surface area contributed by atoms with Crippen molar-refractivity contribution < 1.29 is 0 Å². The van der Waals surface area contributed by atoms with Gasteiger partial charge in [-0.1, -0.05) is 44.2 Å². The smallest absolute Gasteiger partial charge is 0.0472 e. The highest BCUT2D eigenvalue weighted by atomic mass is 15.2. The Balaban J connectivity index is 1.96. The Hall–Kier alpha value is -0.900. The van der Waals surface area contributed by atoms with Crippen LogP contribution in [0, 0.1) is 0 Å². The van der Waals surface area contributed by atoms with E-state index in [1.54, 1.807) is 0 Å². The number of nitrogens with two attached hydrogens (primary N) is 1. The van der Waals surface area contributed by atoms with Crippen molar-refractivity contribution >= 4 is 0 Å². The monoisotopic (exact) mass is 289 g/mol. The number of likely N-dealkylation sites (N-methyl/N-ethyl adjacent to an activating group) is 1. The molecule has 1 fully saturated rings. The highest BCUT2D eigenvalue weighted by Gasteiger charge is 2.22. The number of hydrogen-bond donors (Lipinski definition) is 2. The molecule has 1 atom stereocenters. The minimum atomic E-state index is 0.427. The number of nitrogens with zero attached hydrogens (tertiary/aromatic N) is 1. The van der Waals surface area contributed by atoms with Crippen molar-refractivity contribution in [3.05, 3.63) is 35.9 Å². The molecular formula is C18H31N3. The van der Waals surface area contributed by atoms with Crippen LogP contribution in [0.3, 0.4) is 0 Å². The van der Waals surface area contributed by atoms with Crippen LogP contribution in [0.1, 0.15) is 51.1 Å². The van der Waals surface area contributed by atoms with E-state index in [1.165, 1.54) is 31.2 Å². The second-order valence-corrected chi connectivity index (χ2v) is 6.17. The second kappa shape index (κ2) is 8.52. The average Bonchev–Trinajstić information content (AvgIpc) is 2.54. The van der Waals surface area contributed by atoms with Crippen LogP contribution in [-0.2, 0) is 0 Å². The maximum Gasteiger partial charge on any atom is 0.0472 e. The first-order valence-electron chi connectivity index (χ1n) is 8.52. The molecule has 2 rings (SSSR count). The average molecular weight is 289 g/mol. The zero-order chi connectivity index (χ0) is 15.1. The highest BCUT2D eigenvalue weighted by Crippen LogP contribution is 2.22. The van der Waals surface area contributed by atoms with E-state index in [0.717, 1.165) is 19.6 Å². The molecule has 0 aromatic heterocycles. The molecule has 3 heteroatoms. The quantitative estimate of drug-likeness (QED) is 0.811. The van der Waals surface area contributed by atoms with Crippen LogP contribution in [0.15, 0.2) is 30.3 Å². The summed E-state index contributed by atoms with van der Waals surface area (Å²) in [6, 6.07) is 12.4. The maximum absolute atomic E-state index is 6.00. The summed E-state index contributed by atoms with van der Waals surface area (Å²) in [6.07, 6.45) is 4.78. The number of hydrogen-bond acceptors (Lipinski definition) is 3. The van der Waals surface area contributed by atoms with Crippen LogP contribution < -0.4 is 11.1 Å². The Labute approximate surface area is 129 Å². The lowest BCUT2D eigenvalue weighted by Crippen LogP contribution is -2.42. The lowest BCUT2D eigenvalue weighted by Gasteiger charge is -2.33. The van der Waals surface area contributed by atoms with Crippen molar-refractivity contribution in [2.75, 3.05) is 19.6 Å². The Kier molecular flexibility index (Phi) is 6.68.